The molecule has 43 heavy (non-hydrogen) atoms. The van der Waals surface area contributed by atoms with Gasteiger partial charge >= 0.3 is 12.2 Å². The molecule has 12 heteroatoms. The summed E-state index contributed by atoms with van der Waals surface area (Å²) in [4.78, 5) is 58.1. The number of benzene rings is 2. The van der Waals surface area contributed by atoms with Gasteiger partial charge in [-0.1, -0.05) is 42.5 Å². The van der Waals surface area contributed by atoms with Gasteiger partial charge in [-0.05, 0) is 51.3 Å². The minimum Gasteiger partial charge on any atom is -0.445 e. The van der Waals surface area contributed by atoms with Crippen molar-refractivity contribution in [1.82, 2.24) is 20.1 Å². The number of aromatic nitrogens is 1. The summed E-state index contributed by atoms with van der Waals surface area (Å²) in [7, 11) is 0. The van der Waals surface area contributed by atoms with Crippen LogP contribution >= 0.6 is 11.3 Å². The number of nitrogens with zero attached hydrogens (tertiary/aromatic N) is 3. The van der Waals surface area contributed by atoms with Crippen LogP contribution in [0.5, 0.6) is 0 Å². The lowest BCUT2D eigenvalue weighted by Gasteiger charge is -2.39. The van der Waals surface area contributed by atoms with Gasteiger partial charge in [0.05, 0.1) is 11.7 Å². The molecule has 0 spiro atoms. The molecule has 0 aliphatic carbocycles. The summed E-state index contributed by atoms with van der Waals surface area (Å²) < 4.78 is 10.8. The second-order valence-corrected chi connectivity index (χ2v) is 12.4. The third-order valence-corrected chi connectivity index (χ3v) is 7.80. The topological polar surface area (TPSA) is 130 Å². The van der Waals surface area contributed by atoms with Crippen molar-refractivity contribution < 1.29 is 28.7 Å². The molecule has 5 rings (SSSR count). The third kappa shape index (κ3) is 7.69. The van der Waals surface area contributed by atoms with Gasteiger partial charge in [0.15, 0.2) is 5.13 Å². The quantitative estimate of drug-likeness (QED) is 0.392. The lowest BCUT2D eigenvalue weighted by molar-refractivity contribution is -0.120. The maximum Gasteiger partial charge on any atom is 0.410 e. The van der Waals surface area contributed by atoms with E-state index in [9.17, 15) is 19.2 Å². The molecular formula is C31H35N5O6S. The molecule has 0 saturated carbocycles. The summed E-state index contributed by atoms with van der Waals surface area (Å²) in [6, 6.07) is 15.7. The van der Waals surface area contributed by atoms with Crippen LogP contribution in [-0.2, 0) is 20.9 Å². The van der Waals surface area contributed by atoms with Crippen molar-refractivity contribution in [3.8, 4) is 11.3 Å². The van der Waals surface area contributed by atoms with Crippen LogP contribution < -0.4 is 10.6 Å². The number of amides is 4. The molecule has 0 bridgehead atoms. The highest BCUT2D eigenvalue weighted by Gasteiger charge is 2.36. The fourth-order valence-electron chi connectivity index (χ4n) is 4.82. The largest absolute Gasteiger partial charge is 0.445 e. The number of carbonyl (C=O) groups is 4. The van der Waals surface area contributed by atoms with Gasteiger partial charge in [-0.2, -0.15) is 0 Å². The molecular weight excluding hydrogens is 570 g/mol. The number of thiazole rings is 1. The van der Waals surface area contributed by atoms with Gasteiger partial charge in [0.1, 0.15) is 18.2 Å². The molecule has 2 aliphatic heterocycles. The highest BCUT2D eigenvalue weighted by molar-refractivity contribution is 7.14. The first-order valence-electron chi connectivity index (χ1n) is 14.2. The van der Waals surface area contributed by atoms with E-state index in [0.29, 0.717) is 48.9 Å². The Morgan fingerprint density at radius 3 is 2.42 bits per heavy atom. The number of hydrogen-bond donors (Lipinski definition) is 2. The van der Waals surface area contributed by atoms with Crippen LogP contribution in [0.4, 0.5) is 14.7 Å². The zero-order valence-corrected chi connectivity index (χ0v) is 25.2. The highest BCUT2D eigenvalue weighted by atomic mass is 32.1. The minimum atomic E-state index is -0.625. The Kier molecular flexibility index (Phi) is 8.95. The zero-order chi connectivity index (χ0) is 30.6. The number of carbonyl (C=O) groups excluding carboxylic acids is 4. The molecule has 1 aromatic heterocycles. The normalized spacial score (nSPS) is 16.8. The molecule has 3 heterocycles. The van der Waals surface area contributed by atoms with Gasteiger partial charge in [0, 0.05) is 36.1 Å². The van der Waals surface area contributed by atoms with E-state index in [2.05, 4.69) is 15.6 Å². The Balaban J connectivity index is 1.10. The van der Waals surface area contributed by atoms with E-state index < -0.39 is 17.7 Å². The van der Waals surface area contributed by atoms with Crippen molar-refractivity contribution in [2.45, 2.75) is 57.9 Å². The van der Waals surface area contributed by atoms with E-state index in [-0.39, 0.29) is 30.6 Å². The summed E-state index contributed by atoms with van der Waals surface area (Å²) in [5, 5.41) is 8.02. The molecule has 1 atom stereocenters. The van der Waals surface area contributed by atoms with E-state index in [1.165, 1.54) is 16.2 Å². The van der Waals surface area contributed by atoms with E-state index in [1.807, 2.05) is 56.5 Å². The maximum absolute atomic E-state index is 13.0. The number of likely N-dealkylation sites (tertiary alicyclic amines) is 2. The Morgan fingerprint density at radius 1 is 1.00 bits per heavy atom. The first-order valence-corrected chi connectivity index (χ1v) is 15.1. The molecule has 2 N–H and O–H groups in total. The minimum absolute atomic E-state index is 0.133. The molecule has 3 aromatic rings. The molecule has 2 fully saturated rings. The first-order chi connectivity index (χ1) is 20.6. The number of rotatable bonds is 7. The van der Waals surface area contributed by atoms with Gasteiger partial charge in [-0.15, -0.1) is 11.3 Å². The van der Waals surface area contributed by atoms with Crippen LogP contribution in [-0.4, -0.2) is 76.1 Å². The Labute approximate surface area is 254 Å². The van der Waals surface area contributed by atoms with Crippen LogP contribution in [0.3, 0.4) is 0 Å². The SMILES string of the molecule is CC(C)(C)OC(=O)N1CC(NC(=O)c2ccc(-c3csc(NC(=O)C4CCCN4C(=O)OCc4ccccc4)n3)cc2)C1. The van der Waals surface area contributed by atoms with Gasteiger partial charge < -0.3 is 25.0 Å². The van der Waals surface area contributed by atoms with Crippen LogP contribution in [0, 0.1) is 0 Å². The van der Waals surface area contributed by atoms with Crippen LogP contribution in [0.25, 0.3) is 11.3 Å². The van der Waals surface area contributed by atoms with E-state index in [1.54, 1.807) is 29.2 Å². The van der Waals surface area contributed by atoms with Crippen molar-refractivity contribution >= 4 is 40.5 Å². The molecule has 11 nitrogen and oxygen atoms in total. The van der Waals surface area contributed by atoms with Gasteiger partial charge in [0.25, 0.3) is 5.91 Å². The van der Waals surface area contributed by atoms with E-state index in [0.717, 1.165) is 11.1 Å². The average Bonchev–Trinajstić information content (AvgIpc) is 3.63. The monoisotopic (exact) mass is 605 g/mol. The number of nitrogens with one attached hydrogen (secondary N) is 2. The third-order valence-electron chi connectivity index (χ3n) is 7.04. The predicted molar refractivity (Wildman–Crippen MR) is 162 cm³/mol. The van der Waals surface area contributed by atoms with Crippen molar-refractivity contribution in [3.05, 3.63) is 71.1 Å². The highest BCUT2D eigenvalue weighted by Crippen LogP contribution is 2.27. The summed E-state index contributed by atoms with van der Waals surface area (Å²) in [5.41, 5.74) is 2.26. The second kappa shape index (κ2) is 12.8. The van der Waals surface area contributed by atoms with Crippen molar-refractivity contribution in [2.75, 3.05) is 25.0 Å². The fourth-order valence-corrected chi connectivity index (χ4v) is 5.54. The van der Waals surface area contributed by atoms with Crippen LogP contribution in [0.2, 0.25) is 0 Å². The second-order valence-electron chi connectivity index (χ2n) is 11.6. The molecule has 0 radical (unpaired) electrons. The maximum atomic E-state index is 13.0. The molecule has 2 saturated heterocycles. The average molecular weight is 606 g/mol. The van der Waals surface area contributed by atoms with Gasteiger partial charge in [-0.25, -0.2) is 14.6 Å². The number of ether oxygens (including phenoxy) is 2. The standard InChI is InChI=1S/C31H35N5O6S/c1-31(2,3)42-29(39)35-16-23(17-35)32-26(37)22-13-11-21(12-14-22)24-19-43-28(33-24)34-27(38)25-10-7-15-36(25)30(40)41-18-20-8-5-4-6-9-20/h4-6,8-9,11-14,19,23,25H,7,10,15-18H2,1-3H3,(H,32,37)(H,33,34,38). The summed E-state index contributed by atoms with van der Waals surface area (Å²) >= 11 is 1.28. The van der Waals surface area contributed by atoms with Crippen molar-refractivity contribution in [2.24, 2.45) is 0 Å². The van der Waals surface area contributed by atoms with E-state index >= 15 is 0 Å². The number of hydrogen-bond acceptors (Lipinski definition) is 8. The molecule has 2 aliphatic rings. The number of anilines is 1. The summed E-state index contributed by atoms with van der Waals surface area (Å²) in [6.45, 7) is 6.85. The smallest absolute Gasteiger partial charge is 0.410 e. The van der Waals surface area contributed by atoms with Gasteiger partial charge in [0.2, 0.25) is 5.91 Å². The van der Waals surface area contributed by atoms with Crippen molar-refractivity contribution in [3.63, 3.8) is 0 Å². The van der Waals surface area contributed by atoms with Crippen LogP contribution in [0.15, 0.2) is 60.0 Å². The lowest BCUT2D eigenvalue weighted by atomic mass is 10.1. The Hall–Kier alpha value is -4.45. The Morgan fingerprint density at radius 2 is 1.72 bits per heavy atom. The van der Waals surface area contributed by atoms with Crippen LogP contribution in [0.1, 0.15) is 49.5 Å². The van der Waals surface area contributed by atoms with Crippen molar-refractivity contribution in [1.29, 1.82) is 0 Å². The Bertz CT molecular complexity index is 1460. The first kappa shape index (κ1) is 30.0. The lowest BCUT2D eigenvalue weighted by Crippen LogP contribution is -2.61. The zero-order valence-electron chi connectivity index (χ0n) is 24.4. The van der Waals surface area contributed by atoms with Gasteiger partial charge in [-0.3, -0.25) is 14.5 Å². The van der Waals surface area contributed by atoms with E-state index in [4.69, 9.17) is 9.47 Å². The molecule has 1 unspecified atom stereocenters. The summed E-state index contributed by atoms with van der Waals surface area (Å²) in [5.74, 6) is -0.529. The molecule has 2 aromatic carbocycles. The molecule has 226 valence electrons. The fraction of sp³-hybridized carbons (Fsp3) is 0.387. The molecule has 4 amide bonds. The summed E-state index contributed by atoms with van der Waals surface area (Å²) in [6.07, 6.45) is 0.365. The predicted octanol–water partition coefficient (Wildman–Crippen LogP) is 4.90.